The molecule has 0 radical (unpaired) electrons. The van der Waals surface area contributed by atoms with Crippen LogP contribution >= 0.6 is 0 Å². The third-order valence-electron chi connectivity index (χ3n) is 6.35. The molecular weight excluding hydrogens is 510 g/mol. The van der Waals surface area contributed by atoms with Gasteiger partial charge in [0.25, 0.3) is 0 Å². The van der Waals surface area contributed by atoms with Crippen LogP contribution in [0.5, 0.6) is 5.75 Å². The zero-order valence-electron chi connectivity index (χ0n) is 23.0. The second-order valence-corrected chi connectivity index (χ2v) is 9.36. The summed E-state index contributed by atoms with van der Waals surface area (Å²) in [6, 6.07) is 12.7. The predicted octanol–water partition coefficient (Wildman–Crippen LogP) is 3.47. The molecule has 0 aliphatic carbocycles. The number of para-hydroxylation sites is 1. The van der Waals surface area contributed by atoms with Crippen LogP contribution in [0.25, 0.3) is 16.7 Å². The lowest BCUT2D eigenvalue weighted by atomic mass is 10.1. The number of aromatic nitrogens is 3. The van der Waals surface area contributed by atoms with Crippen LogP contribution < -0.4 is 20.3 Å². The zero-order chi connectivity index (χ0) is 28.8. The maximum atomic E-state index is 12.4. The van der Waals surface area contributed by atoms with Crippen molar-refractivity contribution >= 4 is 45.6 Å². The topological polar surface area (TPSA) is 125 Å². The molecule has 11 heteroatoms. The van der Waals surface area contributed by atoms with Gasteiger partial charge in [0.05, 0.1) is 29.7 Å². The summed E-state index contributed by atoms with van der Waals surface area (Å²) in [6.45, 7) is 4.51. The van der Waals surface area contributed by atoms with Gasteiger partial charge in [0.15, 0.2) is 5.78 Å². The van der Waals surface area contributed by atoms with Gasteiger partial charge >= 0.3 is 0 Å². The van der Waals surface area contributed by atoms with Crippen molar-refractivity contribution in [1.29, 1.82) is 0 Å². The first kappa shape index (κ1) is 28.3. The van der Waals surface area contributed by atoms with E-state index in [4.69, 9.17) is 4.74 Å². The molecule has 2 heterocycles. The molecular formula is C29H33N7O4. The summed E-state index contributed by atoms with van der Waals surface area (Å²) in [5, 5.41) is 16.2. The number of Topliss-reactive ketones (excluding diaryl/α,β-unsaturated/α-hetero) is 1. The minimum atomic E-state index is -0.588. The maximum absolute atomic E-state index is 12.4. The highest BCUT2D eigenvalue weighted by molar-refractivity contribution is 6.09. The molecule has 4 aromatic rings. The fourth-order valence-electron chi connectivity index (χ4n) is 4.25. The molecule has 1 amide bonds. The number of ketones is 1. The van der Waals surface area contributed by atoms with E-state index in [2.05, 4.69) is 32.1 Å². The number of hydrogen-bond donors (Lipinski definition) is 3. The van der Waals surface area contributed by atoms with E-state index in [0.717, 1.165) is 24.3 Å². The molecule has 0 aliphatic heterocycles. The standard InChI is InChI=1S/C29H33N7O4/c1-6-28(39)31-21-15-22(26(40-5)16-24(21)35(4)14-13-34(2)3)32-29-30-12-11-27(33-29)36-17-20(25(38)18-37)19-9-7-8-10-23(19)36/h6-12,15-17,37H,1,13-14,18H2,2-5H3,(H,31,39)(H,30,32,33). The second kappa shape index (κ2) is 12.4. The largest absolute Gasteiger partial charge is 0.494 e. The van der Waals surface area contributed by atoms with Crippen molar-refractivity contribution in [1.82, 2.24) is 19.4 Å². The SMILES string of the molecule is C=CC(=O)Nc1cc(Nc2nccc(-n3cc(C(=O)CO)c4ccccc43)n2)c(OC)cc1N(C)CCN(C)C. The molecule has 0 saturated heterocycles. The smallest absolute Gasteiger partial charge is 0.247 e. The fourth-order valence-corrected chi connectivity index (χ4v) is 4.25. The average Bonchev–Trinajstić information content (AvgIpc) is 3.35. The van der Waals surface area contributed by atoms with Gasteiger partial charge in [0.1, 0.15) is 18.2 Å². The van der Waals surface area contributed by atoms with E-state index in [-0.39, 0.29) is 17.6 Å². The van der Waals surface area contributed by atoms with Crippen LogP contribution in [0.4, 0.5) is 23.0 Å². The summed E-state index contributed by atoms with van der Waals surface area (Å²) in [5.74, 6) is 0.601. The van der Waals surface area contributed by atoms with Crippen molar-refractivity contribution in [3.63, 3.8) is 0 Å². The van der Waals surface area contributed by atoms with E-state index < -0.39 is 6.61 Å². The third kappa shape index (κ3) is 6.11. The summed E-state index contributed by atoms with van der Waals surface area (Å²) in [5.41, 5.74) is 3.05. The summed E-state index contributed by atoms with van der Waals surface area (Å²) < 4.78 is 7.46. The molecule has 4 rings (SSSR count). The van der Waals surface area contributed by atoms with E-state index in [1.54, 1.807) is 36.2 Å². The van der Waals surface area contributed by atoms with Crippen molar-refractivity contribution < 1.29 is 19.4 Å². The molecule has 11 nitrogen and oxygen atoms in total. The number of fused-ring (bicyclic) bond motifs is 1. The second-order valence-electron chi connectivity index (χ2n) is 9.36. The number of ether oxygens (including phenoxy) is 1. The van der Waals surface area contributed by atoms with Gasteiger partial charge in [-0.25, -0.2) is 4.98 Å². The zero-order valence-corrected chi connectivity index (χ0v) is 23.0. The quantitative estimate of drug-likeness (QED) is 0.182. The molecule has 0 atom stereocenters. The molecule has 0 unspecified atom stereocenters. The summed E-state index contributed by atoms with van der Waals surface area (Å²) >= 11 is 0. The first-order chi connectivity index (χ1) is 19.2. The van der Waals surface area contributed by atoms with Crippen molar-refractivity contribution in [2.24, 2.45) is 0 Å². The number of likely N-dealkylation sites (N-methyl/N-ethyl adjacent to an activating group) is 2. The molecule has 0 saturated carbocycles. The average molecular weight is 544 g/mol. The fraction of sp³-hybridized carbons (Fsp3) is 0.241. The number of anilines is 4. The third-order valence-corrected chi connectivity index (χ3v) is 6.35. The summed E-state index contributed by atoms with van der Waals surface area (Å²) in [6.07, 6.45) is 4.48. The first-order valence-electron chi connectivity index (χ1n) is 12.6. The Morgan fingerprint density at radius 1 is 1.12 bits per heavy atom. The van der Waals surface area contributed by atoms with Crippen LogP contribution in [0.2, 0.25) is 0 Å². The summed E-state index contributed by atoms with van der Waals surface area (Å²) in [7, 11) is 7.50. The van der Waals surface area contributed by atoms with Crippen LogP contribution in [0.15, 0.2) is 67.5 Å². The van der Waals surface area contributed by atoms with Crippen molar-refractivity contribution in [3.8, 4) is 11.6 Å². The van der Waals surface area contributed by atoms with Gasteiger partial charge in [-0.3, -0.25) is 9.59 Å². The molecule has 208 valence electrons. The number of hydrogen-bond acceptors (Lipinski definition) is 9. The molecule has 40 heavy (non-hydrogen) atoms. The van der Waals surface area contributed by atoms with E-state index in [0.29, 0.717) is 33.9 Å². The lowest BCUT2D eigenvalue weighted by Crippen LogP contribution is -2.29. The molecule has 2 aromatic carbocycles. The highest BCUT2D eigenvalue weighted by atomic mass is 16.5. The van der Waals surface area contributed by atoms with Crippen LogP contribution in [0.3, 0.4) is 0 Å². The van der Waals surface area contributed by atoms with Crippen molar-refractivity contribution in [2.75, 3.05) is 63.5 Å². The minimum absolute atomic E-state index is 0.276. The van der Waals surface area contributed by atoms with Gasteiger partial charge in [0.2, 0.25) is 11.9 Å². The molecule has 0 bridgehead atoms. The molecule has 2 aromatic heterocycles. The number of rotatable bonds is 12. The van der Waals surface area contributed by atoms with Crippen molar-refractivity contribution in [2.45, 2.75) is 0 Å². The van der Waals surface area contributed by atoms with E-state index in [1.807, 2.05) is 56.4 Å². The first-order valence-corrected chi connectivity index (χ1v) is 12.6. The predicted molar refractivity (Wildman–Crippen MR) is 157 cm³/mol. The monoisotopic (exact) mass is 543 g/mol. The van der Waals surface area contributed by atoms with Crippen molar-refractivity contribution in [3.05, 3.63) is 73.1 Å². The van der Waals surface area contributed by atoms with Gasteiger partial charge in [0, 0.05) is 49.5 Å². The van der Waals surface area contributed by atoms with Gasteiger partial charge in [-0.05, 0) is 38.4 Å². The Hall–Kier alpha value is -4.74. The van der Waals surface area contributed by atoms with E-state index in [9.17, 15) is 14.7 Å². The van der Waals surface area contributed by atoms with E-state index >= 15 is 0 Å². The lowest BCUT2D eigenvalue weighted by Gasteiger charge is -2.26. The Kier molecular flexibility index (Phi) is 8.77. The lowest BCUT2D eigenvalue weighted by molar-refractivity contribution is -0.111. The molecule has 0 aliphatic rings. The highest BCUT2D eigenvalue weighted by Gasteiger charge is 2.18. The van der Waals surface area contributed by atoms with Gasteiger partial charge in [-0.2, -0.15) is 4.98 Å². The highest BCUT2D eigenvalue weighted by Crippen LogP contribution is 2.38. The number of nitrogens with zero attached hydrogens (tertiary/aromatic N) is 5. The molecule has 3 N–H and O–H groups in total. The Labute approximate surface area is 232 Å². The minimum Gasteiger partial charge on any atom is -0.494 e. The van der Waals surface area contributed by atoms with Gasteiger partial charge < -0.3 is 34.8 Å². The number of nitrogens with one attached hydrogen (secondary N) is 2. The number of carbonyl (C=O) groups excluding carboxylic acids is 2. The number of methoxy groups -OCH3 is 1. The molecule has 0 fully saturated rings. The number of amides is 1. The summed E-state index contributed by atoms with van der Waals surface area (Å²) in [4.78, 5) is 37.8. The Morgan fingerprint density at radius 3 is 2.60 bits per heavy atom. The maximum Gasteiger partial charge on any atom is 0.247 e. The molecule has 0 spiro atoms. The van der Waals surface area contributed by atoms with Crippen LogP contribution in [0, 0.1) is 0 Å². The normalized spacial score (nSPS) is 10.9. The number of aliphatic hydroxyl groups excluding tert-OH is 1. The van der Waals surface area contributed by atoms with Crippen LogP contribution in [-0.2, 0) is 4.79 Å². The Balaban J connectivity index is 1.73. The number of benzene rings is 2. The number of carbonyl (C=O) groups is 2. The number of aliphatic hydroxyl groups is 1. The van der Waals surface area contributed by atoms with Crippen LogP contribution in [0.1, 0.15) is 10.4 Å². The van der Waals surface area contributed by atoms with Gasteiger partial charge in [-0.1, -0.05) is 24.8 Å². The Bertz CT molecular complexity index is 1550. The van der Waals surface area contributed by atoms with E-state index in [1.165, 1.54) is 6.08 Å². The van der Waals surface area contributed by atoms with Crippen LogP contribution in [-0.4, -0.2) is 84.2 Å². The van der Waals surface area contributed by atoms with Gasteiger partial charge in [-0.15, -0.1) is 0 Å². The Morgan fingerprint density at radius 2 is 1.90 bits per heavy atom.